The average Bonchev–Trinajstić information content (AvgIpc) is 2.50. The molecule has 0 radical (unpaired) electrons. The zero-order valence-electron chi connectivity index (χ0n) is 12.3. The van der Waals surface area contributed by atoms with Crippen LogP contribution in [0, 0.1) is 23.4 Å². The Morgan fingerprint density at radius 3 is 2.27 bits per heavy atom. The van der Waals surface area contributed by atoms with Gasteiger partial charge >= 0.3 is 6.03 Å². The van der Waals surface area contributed by atoms with Crippen LogP contribution in [-0.4, -0.2) is 35.7 Å². The first-order valence-electron chi connectivity index (χ1n) is 7.21. The third-order valence-electron chi connectivity index (χ3n) is 4.18. The second kappa shape index (κ2) is 7.00. The minimum absolute atomic E-state index is 0.0469. The van der Waals surface area contributed by atoms with Gasteiger partial charge in [0.05, 0.1) is 0 Å². The Balaban J connectivity index is 2.00. The summed E-state index contributed by atoms with van der Waals surface area (Å²) in [6.07, 6.45) is 3.06. The molecule has 22 heavy (non-hydrogen) atoms. The zero-order chi connectivity index (χ0) is 16.3. The van der Waals surface area contributed by atoms with Crippen molar-refractivity contribution in [1.82, 2.24) is 4.90 Å². The molecule has 122 valence electrons. The highest BCUT2D eigenvalue weighted by atomic mass is 19.1. The fourth-order valence-electron chi connectivity index (χ4n) is 2.74. The van der Waals surface area contributed by atoms with Crippen molar-refractivity contribution in [3.05, 3.63) is 29.6 Å². The lowest BCUT2D eigenvalue weighted by atomic mass is 9.86. The van der Waals surface area contributed by atoms with Gasteiger partial charge in [-0.1, -0.05) is 0 Å². The van der Waals surface area contributed by atoms with Crippen LogP contribution >= 0.6 is 0 Å². The van der Waals surface area contributed by atoms with Gasteiger partial charge in [-0.05, 0) is 31.6 Å². The molecular formula is C15H19F3N2O2. The van der Waals surface area contributed by atoms with Crippen LogP contribution in [0.3, 0.4) is 0 Å². The van der Waals surface area contributed by atoms with E-state index < -0.39 is 29.2 Å². The molecule has 1 fully saturated rings. The van der Waals surface area contributed by atoms with Gasteiger partial charge in [0.1, 0.15) is 11.5 Å². The normalized spacial score (nSPS) is 21.5. The summed E-state index contributed by atoms with van der Waals surface area (Å²) in [5.41, 5.74) is -0.651. The van der Waals surface area contributed by atoms with Crippen molar-refractivity contribution in [2.24, 2.45) is 5.92 Å². The van der Waals surface area contributed by atoms with Crippen molar-refractivity contribution in [2.45, 2.75) is 31.7 Å². The fraction of sp³-hybridized carbons (Fsp3) is 0.533. The third-order valence-corrected chi connectivity index (χ3v) is 4.18. The van der Waals surface area contributed by atoms with Gasteiger partial charge in [0.15, 0.2) is 11.6 Å². The average molecular weight is 316 g/mol. The van der Waals surface area contributed by atoms with E-state index in [1.807, 2.05) is 0 Å². The van der Waals surface area contributed by atoms with Gasteiger partial charge in [0.25, 0.3) is 0 Å². The molecular weight excluding hydrogens is 297 g/mol. The largest absolute Gasteiger partial charge is 0.396 e. The number of aliphatic hydroxyl groups excluding tert-OH is 1. The van der Waals surface area contributed by atoms with E-state index in [2.05, 4.69) is 5.32 Å². The monoisotopic (exact) mass is 316 g/mol. The predicted molar refractivity (Wildman–Crippen MR) is 75.9 cm³/mol. The van der Waals surface area contributed by atoms with Crippen LogP contribution in [0.4, 0.5) is 23.7 Å². The number of rotatable bonds is 3. The topological polar surface area (TPSA) is 52.6 Å². The number of halogens is 3. The van der Waals surface area contributed by atoms with Crippen molar-refractivity contribution in [3.8, 4) is 0 Å². The first-order valence-corrected chi connectivity index (χ1v) is 7.21. The second-order valence-corrected chi connectivity index (χ2v) is 5.64. The number of nitrogens with one attached hydrogen (secondary N) is 1. The van der Waals surface area contributed by atoms with Crippen molar-refractivity contribution in [2.75, 3.05) is 19.0 Å². The van der Waals surface area contributed by atoms with Crippen LogP contribution < -0.4 is 5.32 Å². The van der Waals surface area contributed by atoms with Crippen molar-refractivity contribution in [1.29, 1.82) is 0 Å². The van der Waals surface area contributed by atoms with Gasteiger partial charge in [-0.3, -0.25) is 0 Å². The van der Waals surface area contributed by atoms with E-state index in [9.17, 15) is 18.0 Å². The summed E-state index contributed by atoms with van der Waals surface area (Å²) < 4.78 is 39.9. The molecule has 0 bridgehead atoms. The van der Waals surface area contributed by atoms with Crippen LogP contribution in [-0.2, 0) is 0 Å². The molecule has 0 saturated heterocycles. The van der Waals surface area contributed by atoms with Crippen LogP contribution in [0.1, 0.15) is 25.7 Å². The Bertz CT molecular complexity index is 523. The summed E-state index contributed by atoms with van der Waals surface area (Å²) in [5.74, 6) is -3.09. The highest BCUT2D eigenvalue weighted by Gasteiger charge is 2.27. The fourth-order valence-corrected chi connectivity index (χ4v) is 2.74. The third kappa shape index (κ3) is 3.71. The number of hydrogen-bond acceptors (Lipinski definition) is 2. The van der Waals surface area contributed by atoms with Crippen molar-refractivity contribution < 1.29 is 23.1 Å². The highest BCUT2D eigenvalue weighted by molar-refractivity contribution is 5.89. The number of aliphatic hydroxyl groups is 1. The van der Waals surface area contributed by atoms with Crippen LogP contribution in [0.15, 0.2) is 12.1 Å². The Hall–Kier alpha value is -1.76. The SMILES string of the molecule is CN(C(=O)Nc1c(F)cc(F)cc1F)C1CCC(CO)CC1. The predicted octanol–water partition coefficient (Wildman–Crippen LogP) is 3.12. The van der Waals surface area contributed by atoms with E-state index in [0.29, 0.717) is 12.1 Å². The summed E-state index contributed by atoms with van der Waals surface area (Å²) >= 11 is 0. The Labute approximate surface area is 126 Å². The number of urea groups is 1. The molecule has 7 heteroatoms. The molecule has 2 rings (SSSR count). The number of carbonyl (C=O) groups is 1. The smallest absolute Gasteiger partial charge is 0.321 e. The van der Waals surface area contributed by atoms with E-state index in [1.165, 1.54) is 4.90 Å². The molecule has 0 spiro atoms. The molecule has 0 atom stereocenters. The van der Waals surface area contributed by atoms with Crippen molar-refractivity contribution in [3.63, 3.8) is 0 Å². The first-order chi connectivity index (χ1) is 10.4. The highest BCUT2D eigenvalue weighted by Crippen LogP contribution is 2.27. The van der Waals surface area contributed by atoms with Crippen LogP contribution in [0.2, 0.25) is 0 Å². The lowest BCUT2D eigenvalue weighted by Crippen LogP contribution is -2.42. The second-order valence-electron chi connectivity index (χ2n) is 5.64. The molecule has 4 nitrogen and oxygen atoms in total. The molecule has 0 unspecified atom stereocenters. The van der Waals surface area contributed by atoms with E-state index in [4.69, 9.17) is 5.11 Å². The summed E-state index contributed by atoms with van der Waals surface area (Å²) in [6.45, 7) is 0.134. The zero-order valence-corrected chi connectivity index (χ0v) is 12.3. The van der Waals surface area contributed by atoms with Gasteiger partial charge in [-0.25, -0.2) is 18.0 Å². The molecule has 1 aliphatic carbocycles. The Morgan fingerprint density at radius 1 is 1.23 bits per heavy atom. The van der Waals surface area contributed by atoms with E-state index in [0.717, 1.165) is 25.7 Å². The summed E-state index contributed by atoms with van der Waals surface area (Å²) in [7, 11) is 1.55. The number of carbonyl (C=O) groups excluding carboxylic acids is 1. The number of nitrogens with zero attached hydrogens (tertiary/aromatic N) is 1. The lowest BCUT2D eigenvalue weighted by Gasteiger charge is -2.34. The Kier molecular flexibility index (Phi) is 5.28. The molecule has 1 aromatic rings. The molecule has 0 heterocycles. The summed E-state index contributed by atoms with van der Waals surface area (Å²) in [6, 6.07) is 0.349. The van der Waals surface area contributed by atoms with Crippen LogP contribution in [0.25, 0.3) is 0 Å². The maximum atomic E-state index is 13.5. The van der Waals surface area contributed by atoms with Gasteiger partial charge in [-0.15, -0.1) is 0 Å². The number of amides is 2. The molecule has 0 aromatic heterocycles. The molecule has 2 amide bonds. The van der Waals surface area contributed by atoms with Gasteiger partial charge in [0.2, 0.25) is 0 Å². The summed E-state index contributed by atoms with van der Waals surface area (Å²) in [4.78, 5) is 13.5. The maximum absolute atomic E-state index is 13.5. The number of benzene rings is 1. The molecule has 2 N–H and O–H groups in total. The first kappa shape index (κ1) is 16.6. The molecule has 0 aliphatic heterocycles. The Morgan fingerprint density at radius 2 is 1.77 bits per heavy atom. The molecule has 1 saturated carbocycles. The standard InChI is InChI=1S/C15H19F3N2O2/c1-20(11-4-2-9(8-21)3-5-11)15(22)19-14-12(17)6-10(16)7-13(14)18/h6-7,9,11,21H,2-5,8H2,1H3,(H,19,22). The van der Waals surface area contributed by atoms with Crippen LogP contribution in [0.5, 0.6) is 0 Å². The van der Waals surface area contributed by atoms with Gasteiger partial charge in [0, 0.05) is 31.8 Å². The van der Waals surface area contributed by atoms with Gasteiger partial charge in [-0.2, -0.15) is 0 Å². The molecule has 1 aliphatic rings. The number of hydrogen-bond donors (Lipinski definition) is 2. The van der Waals surface area contributed by atoms with E-state index in [-0.39, 0.29) is 18.6 Å². The van der Waals surface area contributed by atoms with Gasteiger partial charge < -0.3 is 15.3 Å². The minimum atomic E-state index is -1.15. The molecule has 1 aromatic carbocycles. The number of anilines is 1. The lowest BCUT2D eigenvalue weighted by molar-refractivity contribution is 0.139. The van der Waals surface area contributed by atoms with E-state index in [1.54, 1.807) is 7.05 Å². The quantitative estimate of drug-likeness (QED) is 0.900. The minimum Gasteiger partial charge on any atom is -0.396 e. The van der Waals surface area contributed by atoms with E-state index >= 15 is 0 Å². The summed E-state index contributed by atoms with van der Waals surface area (Å²) in [5, 5.41) is 11.2. The van der Waals surface area contributed by atoms with Crippen molar-refractivity contribution >= 4 is 11.7 Å². The maximum Gasteiger partial charge on any atom is 0.321 e.